The van der Waals surface area contributed by atoms with Gasteiger partial charge in [0.05, 0.1) is 5.56 Å². The number of ether oxygens (including phenoxy) is 1. The van der Waals surface area contributed by atoms with Crippen molar-refractivity contribution >= 4 is 23.4 Å². The van der Waals surface area contributed by atoms with Crippen LogP contribution in [0.2, 0.25) is 5.02 Å². The molecule has 2 aromatic rings. The molecule has 7 heteroatoms. The van der Waals surface area contributed by atoms with E-state index >= 15 is 0 Å². The van der Waals surface area contributed by atoms with Gasteiger partial charge in [-0.05, 0) is 83.6 Å². The van der Waals surface area contributed by atoms with Gasteiger partial charge in [-0.1, -0.05) is 30.9 Å². The number of halogens is 1. The summed E-state index contributed by atoms with van der Waals surface area (Å²) in [7, 11) is 0. The van der Waals surface area contributed by atoms with Crippen molar-refractivity contribution in [3.05, 3.63) is 46.1 Å². The minimum atomic E-state index is -0.354. The van der Waals surface area contributed by atoms with Crippen molar-refractivity contribution < 1.29 is 14.3 Å². The predicted molar refractivity (Wildman–Crippen MR) is 145 cm³/mol. The molecule has 2 N–H and O–H groups in total. The maximum absolute atomic E-state index is 13.4. The molecule has 2 fully saturated rings. The Kier molecular flexibility index (Phi) is 8.46. The van der Waals surface area contributed by atoms with Crippen LogP contribution in [0.5, 0.6) is 0 Å². The van der Waals surface area contributed by atoms with Crippen LogP contribution in [0.25, 0.3) is 11.3 Å². The lowest BCUT2D eigenvalue weighted by atomic mass is 9.89. The van der Waals surface area contributed by atoms with Crippen LogP contribution in [-0.4, -0.2) is 41.2 Å². The van der Waals surface area contributed by atoms with Gasteiger partial charge in [0.25, 0.3) is 11.8 Å². The van der Waals surface area contributed by atoms with Crippen LogP contribution in [0.1, 0.15) is 92.1 Å². The van der Waals surface area contributed by atoms with Crippen molar-refractivity contribution in [3.8, 4) is 11.3 Å². The molecule has 36 heavy (non-hydrogen) atoms. The average Bonchev–Trinajstić information content (AvgIpc) is 3.15. The van der Waals surface area contributed by atoms with E-state index in [4.69, 9.17) is 16.3 Å². The number of nitrogens with one attached hydrogen (secondary N) is 2. The Morgan fingerprint density at radius 1 is 1.00 bits per heavy atom. The number of benzene rings is 1. The quantitative estimate of drug-likeness (QED) is 0.487. The number of aromatic nitrogens is 1. The van der Waals surface area contributed by atoms with Crippen molar-refractivity contribution in [3.63, 3.8) is 0 Å². The molecule has 1 saturated carbocycles. The number of rotatable bonds is 6. The number of amides is 2. The molecule has 196 valence electrons. The third-order valence-corrected chi connectivity index (χ3v) is 7.50. The Balaban J connectivity index is 1.70. The Morgan fingerprint density at radius 3 is 2.36 bits per heavy atom. The van der Waals surface area contributed by atoms with Crippen LogP contribution in [0.4, 0.5) is 0 Å². The SMILES string of the molecule is Cc1c(C(=O)NC2CCOCC2)cc(-c2cc(Cl)cc(C(=O)NC(C)(C)C)c2)n1CC1CCCCC1. The highest BCUT2D eigenvalue weighted by atomic mass is 35.5. The molecule has 1 saturated heterocycles. The van der Waals surface area contributed by atoms with Crippen LogP contribution in [-0.2, 0) is 11.3 Å². The molecule has 2 amide bonds. The predicted octanol–water partition coefficient (Wildman–Crippen LogP) is 6.13. The molecule has 1 aliphatic heterocycles. The smallest absolute Gasteiger partial charge is 0.253 e. The molecule has 2 aliphatic rings. The van der Waals surface area contributed by atoms with Crippen LogP contribution in [0.15, 0.2) is 24.3 Å². The summed E-state index contributed by atoms with van der Waals surface area (Å²) in [5.74, 6) is 0.375. The lowest BCUT2D eigenvalue weighted by molar-refractivity contribution is 0.0696. The zero-order valence-corrected chi connectivity index (χ0v) is 22.8. The zero-order valence-electron chi connectivity index (χ0n) is 22.1. The fraction of sp³-hybridized carbons (Fsp3) is 0.586. The third-order valence-electron chi connectivity index (χ3n) is 7.28. The van der Waals surface area contributed by atoms with Crippen molar-refractivity contribution in [2.24, 2.45) is 5.92 Å². The highest BCUT2D eigenvalue weighted by Gasteiger charge is 2.25. The molecule has 2 heterocycles. The Bertz CT molecular complexity index is 1090. The first-order chi connectivity index (χ1) is 17.1. The standard InChI is InChI=1S/C29H40ClN3O3/c1-19-25(28(35)31-24-10-12-36-13-11-24)17-26(33(19)18-20-8-6-5-7-9-20)21-14-22(16-23(30)15-21)27(34)32-29(2,3)4/h14-17,20,24H,5-13,18H2,1-4H3,(H,31,35)(H,32,34). The second-order valence-electron chi connectivity index (χ2n) is 11.4. The Hall–Kier alpha value is -2.31. The first-order valence-corrected chi connectivity index (χ1v) is 13.7. The molecule has 0 spiro atoms. The molecule has 0 radical (unpaired) electrons. The number of nitrogens with zero attached hydrogens (tertiary/aromatic N) is 1. The van der Waals surface area contributed by atoms with E-state index in [-0.39, 0.29) is 23.4 Å². The summed E-state index contributed by atoms with van der Waals surface area (Å²) in [6, 6.07) is 7.59. The Labute approximate surface area is 220 Å². The molecule has 0 unspecified atom stereocenters. The lowest BCUT2D eigenvalue weighted by Crippen LogP contribution is -2.40. The first-order valence-electron chi connectivity index (χ1n) is 13.3. The van der Waals surface area contributed by atoms with E-state index in [9.17, 15) is 9.59 Å². The third kappa shape index (κ3) is 6.71. The maximum Gasteiger partial charge on any atom is 0.253 e. The summed E-state index contributed by atoms with van der Waals surface area (Å²) in [4.78, 5) is 26.3. The van der Waals surface area contributed by atoms with Crippen LogP contribution < -0.4 is 10.6 Å². The molecule has 0 bridgehead atoms. The van der Waals surface area contributed by atoms with Gasteiger partial charge in [0.1, 0.15) is 0 Å². The largest absolute Gasteiger partial charge is 0.381 e. The van der Waals surface area contributed by atoms with E-state index in [2.05, 4.69) is 15.2 Å². The highest BCUT2D eigenvalue weighted by molar-refractivity contribution is 6.31. The van der Waals surface area contributed by atoms with E-state index in [0.29, 0.717) is 35.3 Å². The van der Waals surface area contributed by atoms with E-state index in [1.807, 2.05) is 45.9 Å². The summed E-state index contributed by atoms with van der Waals surface area (Å²) in [5, 5.41) is 6.74. The average molecular weight is 514 g/mol. The van der Waals surface area contributed by atoms with E-state index < -0.39 is 0 Å². The van der Waals surface area contributed by atoms with Gasteiger partial charge >= 0.3 is 0 Å². The summed E-state index contributed by atoms with van der Waals surface area (Å²) in [6.07, 6.45) is 7.89. The topological polar surface area (TPSA) is 72.4 Å². The number of hydrogen-bond acceptors (Lipinski definition) is 3. The second-order valence-corrected chi connectivity index (χ2v) is 11.9. The van der Waals surface area contributed by atoms with Crippen molar-refractivity contribution in [2.75, 3.05) is 13.2 Å². The summed E-state index contributed by atoms with van der Waals surface area (Å²) < 4.78 is 7.72. The molecule has 1 aliphatic carbocycles. The minimum Gasteiger partial charge on any atom is -0.381 e. The molecule has 4 rings (SSSR count). The zero-order chi connectivity index (χ0) is 25.9. The normalized spacial score (nSPS) is 17.7. The van der Waals surface area contributed by atoms with Gasteiger partial charge in [-0.3, -0.25) is 9.59 Å². The van der Waals surface area contributed by atoms with Gasteiger partial charge < -0.3 is 19.9 Å². The van der Waals surface area contributed by atoms with E-state index in [1.165, 1.54) is 32.1 Å². The molecule has 1 aromatic carbocycles. The second kappa shape index (κ2) is 11.4. The molecular weight excluding hydrogens is 474 g/mol. The number of carbonyl (C=O) groups excluding carboxylic acids is 2. The summed E-state index contributed by atoms with van der Waals surface area (Å²) >= 11 is 6.52. The minimum absolute atomic E-state index is 0.0456. The van der Waals surface area contributed by atoms with Crippen molar-refractivity contribution in [2.45, 2.75) is 90.8 Å². The molecule has 0 atom stereocenters. The van der Waals surface area contributed by atoms with Crippen LogP contribution >= 0.6 is 11.6 Å². The van der Waals surface area contributed by atoms with Crippen molar-refractivity contribution in [1.29, 1.82) is 0 Å². The van der Waals surface area contributed by atoms with E-state index in [0.717, 1.165) is 36.3 Å². The monoisotopic (exact) mass is 513 g/mol. The lowest BCUT2D eigenvalue weighted by Gasteiger charge is -2.25. The van der Waals surface area contributed by atoms with Gasteiger partial charge in [0.2, 0.25) is 0 Å². The van der Waals surface area contributed by atoms with Gasteiger partial charge in [-0.15, -0.1) is 0 Å². The fourth-order valence-corrected chi connectivity index (χ4v) is 5.60. The maximum atomic E-state index is 13.4. The van der Waals surface area contributed by atoms with E-state index in [1.54, 1.807) is 6.07 Å². The fourth-order valence-electron chi connectivity index (χ4n) is 5.36. The molecular formula is C29H40ClN3O3. The summed E-state index contributed by atoms with van der Waals surface area (Å²) in [5.41, 5.74) is 3.60. The molecule has 1 aromatic heterocycles. The number of hydrogen-bond donors (Lipinski definition) is 2. The van der Waals surface area contributed by atoms with Crippen molar-refractivity contribution in [1.82, 2.24) is 15.2 Å². The van der Waals surface area contributed by atoms with Crippen LogP contribution in [0.3, 0.4) is 0 Å². The highest BCUT2D eigenvalue weighted by Crippen LogP contribution is 2.33. The molecule has 6 nitrogen and oxygen atoms in total. The van der Waals surface area contributed by atoms with Crippen LogP contribution in [0, 0.1) is 12.8 Å². The van der Waals surface area contributed by atoms with Gasteiger partial charge in [-0.2, -0.15) is 0 Å². The Morgan fingerprint density at radius 2 is 1.69 bits per heavy atom. The number of carbonyl (C=O) groups is 2. The van der Waals surface area contributed by atoms with Gasteiger partial charge in [0, 0.05) is 58.9 Å². The van der Waals surface area contributed by atoms with Gasteiger partial charge in [0.15, 0.2) is 0 Å². The first kappa shape index (κ1) is 26.7. The summed E-state index contributed by atoms with van der Waals surface area (Å²) in [6.45, 7) is 10.1. The van der Waals surface area contributed by atoms with Gasteiger partial charge in [-0.25, -0.2) is 0 Å².